The van der Waals surface area contributed by atoms with Crippen molar-refractivity contribution in [2.45, 2.75) is 0 Å². The fourth-order valence-corrected chi connectivity index (χ4v) is 2.77. The number of hydrogen-bond acceptors (Lipinski definition) is 4. The van der Waals surface area contributed by atoms with Crippen LogP contribution >= 0.6 is 12.2 Å². The molecule has 0 spiro atoms. The van der Waals surface area contributed by atoms with E-state index in [0.717, 1.165) is 37.7 Å². The van der Waals surface area contributed by atoms with Crippen molar-refractivity contribution in [3.05, 3.63) is 59.9 Å². The van der Waals surface area contributed by atoms with Gasteiger partial charge in [-0.15, -0.1) is 0 Å². The van der Waals surface area contributed by atoms with Gasteiger partial charge in [-0.3, -0.25) is 10.1 Å². The highest BCUT2D eigenvalue weighted by Crippen LogP contribution is 2.19. The molecule has 0 bridgehead atoms. The van der Waals surface area contributed by atoms with Gasteiger partial charge in [-0.1, -0.05) is 12.1 Å². The van der Waals surface area contributed by atoms with Crippen LogP contribution in [0.2, 0.25) is 0 Å². The van der Waals surface area contributed by atoms with E-state index >= 15 is 0 Å². The predicted molar refractivity (Wildman–Crippen MR) is 99.6 cm³/mol. The monoisotopic (exact) mass is 359 g/mol. The molecule has 0 aromatic heterocycles. The molecule has 0 aliphatic carbocycles. The zero-order chi connectivity index (χ0) is 17.6. The van der Waals surface area contributed by atoms with Gasteiger partial charge in [0.25, 0.3) is 5.91 Å². The number of ether oxygens (including phenoxy) is 1. The highest BCUT2D eigenvalue weighted by atomic mass is 32.1. The van der Waals surface area contributed by atoms with Crippen LogP contribution in [-0.2, 0) is 4.74 Å². The standard InChI is InChI=1S/C18H18FN3O2S/c19-16-4-2-1-3-15(16)17(23)21-18(25)20-13-5-7-14(8-6-13)22-9-11-24-12-10-22/h1-8H,9-12H2,(H2,20,21,23,25). The van der Waals surface area contributed by atoms with Gasteiger partial charge in [0.15, 0.2) is 5.11 Å². The minimum absolute atomic E-state index is 0.0469. The molecule has 0 atom stereocenters. The molecular formula is C18H18FN3O2S. The molecule has 0 saturated carbocycles. The van der Waals surface area contributed by atoms with Crippen molar-refractivity contribution in [1.82, 2.24) is 5.32 Å². The maximum absolute atomic E-state index is 13.6. The quantitative estimate of drug-likeness (QED) is 0.826. The number of hydrogen-bond donors (Lipinski definition) is 2. The van der Waals surface area contributed by atoms with Crippen LogP contribution in [0, 0.1) is 5.82 Å². The minimum atomic E-state index is -0.585. The lowest BCUT2D eigenvalue weighted by molar-refractivity contribution is 0.0974. The number of nitrogens with zero attached hydrogens (tertiary/aromatic N) is 1. The van der Waals surface area contributed by atoms with Crippen LogP contribution < -0.4 is 15.5 Å². The van der Waals surface area contributed by atoms with Crippen molar-refractivity contribution < 1.29 is 13.9 Å². The van der Waals surface area contributed by atoms with Gasteiger partial charge in [-0.2, -0.15) is 0 Å². The van der Waals surface area contributed by atoms with Crippen LogP contribution in [0.1, 0.15) is 10.4 Å². The van der Waals surface area contributed by atoms with Crippen molar-refractivity contribution in [3.63, 3.8) is 0 Å². The lowest BCUT2D eigenvalue weighted by Crippen LogP contribution is -2.36. The number of anilines is 2. The highest BCUT2D eigenvalue weighted by molar-refractivity contribution is 7.80. The molecule has 0 unspecified atom stereocenters. The van der Waals surface area contributed by atoms with Gasteiger partial charge in [-0.05, 0) is 48.6 Å². The maximum atomic E-state index is 13.6. The summed E-state index contributed by atoms with van der Waals surface area (Å²) >= 11 is 5.12. The summed E-state index contributed by atoms with van der Waals surface area (Å²) in [6.45, 7) is 3.19. The molecule has 2 N–H and O–H groups in total. The smallest absolute Gasteiger partial charge is 0.260 e. The van der Waals surface area contributed by atoms with E-state index in [1.165, 1.54) is 18.2 Å². The Balaban J connectivity index is 1.57. The normalized spacial score (nSPS) is 14.0. The first kappa shape index (κ1) is 17.3. The van der Waals surface area contributed by atoms with Crippen LogP contribution in [0.3, 0.4) is 0 Å². The molecule has 7 heteroatoms. The fourth-order valence-electron chi connectivity index (χ4n) is 2.56. The van der Waals surface area contributed by atoms with Crippen molar-refractivity contribution in [2.24, 2.45) is 0 Å². The predicted octanol–water partition coefficient (Wildman–Crippen LogP) is 2.79. The van der Waals surface area contributed by atoms with E-state index in [1.54, 1.807) is 6.07 Å². The summed E-state index contributed by atoms with van der Waals surface area (Å²) in [5.41, 5.74) is 1.81. The van der Waals surface area contributed by atoms with Gasteiger partial charge in [0.1, 0.15) is 5.82 Å². The minimum Gasteiger partial charge on any atom is -0.378 e. The lowest BCUT2D eigenvalue weighted by atomic mass is 10.2. The first-order valence-corrected chi connectivity index (χ1v) is 8.34. The van der Waals surface area contributed by atoms with Gasteiger partial charge in [0, 0.05) is 24.5 Å². The van der Waals surface area contributed by atoms with E-state index in [0.29, 0.717) is 0 Å². The van der Waals surface area contributed by atoms with Crippen molar-refractivity contribution in [3.8, 4) is 0 Å². The zero-order valence-corrected chi connectivity index (χ0v) is 14.3. The molecule has 0 radical (unpaired) electrons. The largest absolute Gasteiger partial charge is 0.378 e. The molecular weight excluding hydrogens is 341 g/mol. The molecule has 1 fully saturated rings. The van der Waals surface area contributed by atoms with E-state index < -0.39 is 11.7 Å². The third kappa shape index (κ3) is 4.52. The van der Waals surface area contributed by atoms with E-state index in [2.05, 4.69) is 15.5 Å². The first-order valence-electron chi connectivity index (χ1n) is 7.93. The van der Waals surface area contributed by atoms with E-state index in [-0.39, 0.29) is 10.7 Å². The van der Waals surface area contributed by atoms with Crippen LogP contribution in [0.25, 0.3) is 0 Å². The Hall–Kier alpha value is -2.51. The third-order valence-corrected chi connectivity index (χ3v) is 4.05. The summed E-state index contributed by atoms with van der Waals surface area (Å²) in [5.74, 6) is -1.17. The third-order valence-electron chi connectivity index (χ3n) is 3.85. The fraction of sp³-hybridized carbons (Fsp3) is 0.222. The lowest BCUT2D eigenvalue weighted by Gasteiger charge is -2.28. The van der Waals surface area contributed by atoms with Crippen molar-refractivity contribution >= 4 is 34.6 Å². The van der Waals surface area contributed by atoms with Crippen LogP contribution in [0.4, 0.5) is 15.8 Å². The number of rotatable bonds is 3. The Labute approximate surface area is 150 Å². The van der Waals surface area contributed by atoms with Crippen LogP contribution in [0.5, 0.6) is 0 Å². The summed E-state index contributed by atoms with van der Waals surface area (Å²) in [6.07, 6.45) is 0. The molecule has 1 aliphatic rings. The number of nitrogens with one attached hydrogen (secondary N) is 2. The molecule has 1 amide bonds. The molecule has 25 heavy (non-hydrogen) atoms. The van der Waals surface area contributed by atoms with Crippen molar-refractivity contribution in [2.75, 3.05) is 36.5 Å². The number of carbonyl (C=O) groups excluding carboxylic acids is 1. The number of benzene rings is 2. The van der Waals surface area contributed by atoms with Crippen LogP contribution in [0.15, 0.2) is 48.5 Å². The molecule has 5 nitrogen and oxygen atoms in total. The van der Waals surface area contributed by atoms with Crippen molar-refractivity contribution in [1.29, 1.82) is 0 Å². The number of carbonyl (C=O) groups is 1. The van der Waals surface area contributed by atoms with Crippen LogP contribution in [-0.4, -0.2) is 37.3 Å². The average molecular weight is 359 g/mol. The summed E-state index contributed by atoms with van der Waals surface area (Å²) in [5, 5.41) is 5.52. The summed E-state index contributed by atoms with van der Waals surface area (Å²) in [6, 6.07) is 13.5. The van der Waals surface area contributed by atoms with E-state index in [1.807, 2.05) is 24.3 Å². The molecule has 1 aliphatic heterocycles. The number of morpholine rings is 1. The Morgan fingerprint density at radius 2 is 1.76 bits per heavy atom. The molecule has 130 valence electrons. The van der Waals surface area contributed by atoms with Gasteiger partial charge >= 0.3 is 0 Å². The Morgan fingerprint density at radius 1 is 1.08 bits per heavy atom. The topological polar surface area (TPSA) is 53.6 Å². The summed E-state index contributed by atoms with van der Waals surface area (Å²) < 4.78 is 18.9. The Morgan fingerprint density at radius 3 is 2.44 bits per heavy atom. The van der Waals surface area contributed by atoms with Gasteiger partial charge in [0.05, 0.1) is 18.8 Å². The van der Waals surface area contributed by atoms with Gasteiger partial charge < -0.3 is 15.0 Å². The number of thiocarbonyl (C=S) groups is 1. The molecule has 1 heterocycles. The Kier molecular flexibility index (Phi) is 5.57. The van der Waals surface area contributed by atoms with Gasteiger partial charge in [-0.25, -0.2) is 4.39 Å². The summed E-state index contributed by atoms with van der Waals surface area (Å²) in [4.78, 5) is 14.3. The highest BCUT2D eigenvalue weighted by Gasteiger charge is 2.13. The van der Waals surface area contributed by atoms with Gasteiger partial charge in [0.2, 0.25) is 0 Å². The number of amides is 1. The second-order valence-electron chi connectivity index (χ2n) is 5.53. The SMILES string of the molecule is O=C(NC(=S)Nc1ccc(N2CCOCC2)cc1)c1ccccc1F. The zero-order valence-electron chi connectivity index (χ0n) is 13.5. The van der Waals surface area contributed by atoms with E-state index in [9.17, 15) is 9.18 Å². The molecule has 2 aromatic rings. The second-order valence-corrected chi connectivity index (χ2v) is 5.94. The first-order chi connectivity index (χ1) is 12.1. The second kappa shape index (κ2) is 8.04. The number of halogens is 1. The Bertz CT molecular complexity index is 761. The average Bonchev–Trinajstić information content (AvgIpc) is 2.63. The summed E-state index contributed by atoms with van der Waals surface area (Å²) in [7, 11) is 0. The molecule has 1 saturated heterocycles. The van der Waals surface area contributed by atoms with E-state index in [4.69, 9.17) is 17.0 Å². The molecule has 3 rings (SSSR count). The molecule has 2 aromatic carbocycles. The maximum Gasteiger partial charge on any atom is 0.260 e.